The fourth-order valence-corrected chi connectivity index (χ4v) is 2.49. The van der Waals surface area contributed by atoms with Crippen LogP contribution in [0.4, 0.5) is 13.2 Å². The monoisotopic (exact) mass is 289 g/mol. The Morgan fingerprint density at radius 1 is 1.37 bits per heavy atom. The lowest BCUT2D eigenvalue weighted by Gasteiger charge is -2.05. The normalized spacial score (nSPS) is 12.0. The summed E-state index contributed by atoms with van der Waals surface area (Å²) in [5, 5.41) is 8.70. The number of hydrogen-bond donors (Lipinski definition) is 1. The molecule has 0 aliphatic heterocycles. The van der Waals surface area contributed by atoms with Crippen molar-refractivity contribution in [3.8, 4) is 0 Å². The molecule has 0 atom stereocenters. The first-order valence-electron chi connectivity index (χ1n) is 5.81. The van der Waals surface area contributed by atoms with Crippen molar-refractivity contribution < 1.29 is 13.2 Å². The summed E-state index contributed by atoms with van der Waals surface area (Å²) < 4.78 is 38.3. The Kier molecular flexibility index (Phi) is 4.26. The fourth-order valence-electron chi connectivity index (χ4n) is 1.62. The van der Waals surface area contributed by atoms with Crippen LogP contribution in [0.15, 0.2) is 23.7 Å². The maximum atomic E-state index is 12.3. The highest BCUT2D eigenvalue weighted by Crippen LogP contribution is 2.27. The second kappa shape index (κ2) is 5.75. The van der Waals surface area contributed by atoms with Gasteiger partial charge in [0.1, 0.15) is 0 Å². The standard InChI is InChI=1S/C12H14F3N3S/c1-9-3-7-19-10(9)8-16-4-6-18-5-2-11(17-18)12(13,14)15/h2-3,5,7,16H,4,6,8H2,1H3. The van der Waals surface area contributed by atoms with Crippen LogP contribution < -0.4 is 5.32 Å². The van der Waals surface area contributed by atoms with Gasteiger partial charge in [-0.2, -0.15) is 18.3 Å². The van der Waals surface area contributed by atoms with Crippen LogP contribution >= 0.6 is 11.3 Å². The van der Waals surface area contributed by atoms with E-state index in [0.29, 0.717) is 13.1 Å². The molecule has 0 saturated heterocycles. The molecule has 0 fully saturated rings. The van der Waals surface area contributed by atoms with Crippen LogP contribution in [0.2, 0.25) is 0 Å². The molecule has 0 unspecified atom stereocenters. The summed E-state index contributed by atoms with van der Waals surface area (Å²) in [4.78, 5) is 1.25. The average Bonchev–Trinajstić information content (AvgIpc) is 2.93. The fraction of sp³-hybridized carbons (Fsp3) is 0.417. The van der Waals surface area contributed by atoms with Crippen molar-refractivity contribution in [1.82, 2.24) is 15.1 Å². The number of hydrogen-bond acceptors (Lipinski definition) is 3. The molecule has 2 heterocycles. The van der Waals surface area contributed by atoms with Crippen molar-refractivity contribution >= 4 is 11.3 Å². The topological polar surface area (TPSA) is 29.9 Å². The number of aromatic nitrogens is 2. The summed E-state index contributed by atoms with van der Waals surface area (Å²) in [7, 11) is 0. The zero-order chi connectivity index (χ0) is 13.9. The highest BCUT2D eigenvalue weighted by Gasteiger charge is 2.33. The molecule has 0 aromatic carbocycles. The molecule has 7 heteroatoms. The van der Waals surface area contributed by atoms with E-state index in [9.17, 15) is 13.2 Å². The molecule has 19 heavy (non-hydrogen) atoms. The number of halogens is 3. The maximum absolute atomic E-state index is 12.3. The van der Waals surface area contributed by atoms with Gasteiger partial charge in [-0.1, -0.05) is 0 Å². The van der Waals surface area contributed by atoms with Crippen LogP contribution in [0.25, 0.3) is 0 Å². The molecule has 0 radical (unpaired) electrons. The molecule has 0 aliphatic rings. The first-order chi connectivity index (χ1) is 8.97. The molecule has 0 aliphatic carbocycles. The summed E-state index contributed by atoms with van der Waals surface area (Å²) in [5.41, 5.74) is 0.387. The number of thiophene rings is 1. The van der Waals surface area contributed by atoms with Gasteiger partial charge < -0.3 is 5.32 Å². The summed E-state index contributed by atoms with van der Waals surface area (Å²) in [5.74, 6) is 0. The maximum Gasteiger partial charge on any atom is 0.435 e. The molecule has 2 rings (SSSR count). The van der Waals surface area contributed by atoms with E-state index in [1.807, 2.05) is 18.4 Å². The predicted octanol–water partition coefficient (Wildman–Crippen LogP) is 3.06. The number of aryl methyl sites for hydroxylation is 1. The van der Waals surface area contributed by atoms with Crippen molar-refractivity contribution in [2.45, 2.75) is 26.2 Å². The lowest BCUT2D eigenvalue weighted by molar-refractivity contribution is -0.141. The summed E-state index contributed by atoms with van der Waals surface area (Å²) >= 11 is 1.67. The molecular formula is C12H14F3N3S. The largest absolute Gasteiger partial charge is 0.435 e. The molecule has 0 saturated carbocycles. The van der Waals surface area contributed by atoms with Crippen molar-refractivity contribution in [2.24, 2.45) is 0 Å². The third-order valence-electron chi connectivity index (χ3n) is 2.70. The van der Waals surface area contributed by atoms with E-state index >= 15 is 0 Å². The summed E-state index contributed by atoms with van der Waals surface area (Å²) in [6.07, 6.45) is -3.02. The number of alkyl halides is 3. The third-order valence-corrected chi connectivity index (χ3v) is 3.73. The summed E-state index contributed by atoms with van der Waals surface area (Å²) in [6, 6.07) is 3.04. The molecule has 0 amide bonds. The quantitative estimate of drug-likeness (QED) is 0.857. The average molecular weight is 289 g/mol. The SMILES string of the molecule is Cc1ccsc1CNCCn1ccc(C(F)(F)F)n1. The number of nitrogens with zero attached hydrogens (tertiary/aromatic N) is 2. The molecule has 104 valence electrons. The van der Waals surface area contributed by atoms with E-state index < -0.39 is 11.9 Å². The van der Waals surface area contributed by atoms with E-state index in [1.165, 1.54) is 21.3 Å². The Labute approximate surface area is 113 Å². The molecule has 1 N–H and O–H groups in total. The highest BCUT2D eigenvalue weighted by molar-refractivity contribution is 7.10. The van der Waals surface area contributed by atoms with Gasteiger partial charge in [0.25, 0.3) is 0 Å². The molecular weight excluding hydrogens is 275 g/mol. The minimum atomic E-state index is -4.37. The lowest BCUT2D eigenvalue weighted by Crippen LogP contribution is -2.20. The van der Waals surface area contributed by atoms with Crippen molar-refractivity contribution in [1.29, 1.82) is 0 Å². The van der Waals surface area contributed by atoms with Crippen LogP contribution in [-0.4, -0.2) is 16.3 Å². The molecule has 2 aromatic rings. The van der Waals surface area contributed by atoms with Gasteiger partial charge in [-0.05, 0) is 30.0 Å². The van der Waals surface area contributed by atoms with Gasteiger partial charge in [-0.15, -0.1) is 11.3 Å². The Balaban J connectivity index is 1.77. The van der Waals surface area contributed by atoms with E-state index in [0.717, 1.165) is 12.6 Å². The van der Waals surface area contributed by atoms with Gasteiger partial charge in [-0.25, -0.2) is 0 Å². The van der Waals surface area contributed by atoms with Crippen LogP contribution in [0, 0.1) is 6.92 Å². The minimum Gasteiger partial charge on any atom is -0.310 e. The second-order valence-corrected chi connectivity index (χ2v) is 5.17. The van der Waals surface area contributed by atoms with E-state index in [1.54, 1.807) is 11.3 Å². The molecule has 2 aromatic heterocycles. The van der Waals surface area contributed by atoms with Crippen molar-refractivity contribution in [2.75, 3.05) is 6.54 Å². The molecule has 0 bridgehead atoms. The zero-order valence-electron chi connectivity index (χ0n) is 10.4. The van der Waals surface area contributed by atoms with E-state index in [4.69, 9.17) is 0 Å². The van der Waals surface area contributed by atoms with Gasteiger partial charge in [0.2, 0.25) is 0 Å². The first-order valence-corrected chi connectivity index (χ1v) is 6.69. The number of rotatable bonds is 5. The highest BCUT2D eigenvalue weighted by atomic mass is 32.1. The molecule has 3 nitrogen and oxygen atoms in total. The van der Waals surface area contributed by atoms with Gasteiger partial charge in [0, 0.05) is 24.2 Å². The Bertz CT molecular complexity index is 530. The molecule has 0 spiro atoms. The van der Waals surface area contributed by atoms with Crippen LogP contribution in [0.3, 0.4) is 0 Å². The smallest absolute Gasteiger partial charge is 0.310 e. The predicted molar refractivity (Wildman–Crippen MR) is 68.0 cm³/mol. The summed E-state index contributed by atoms with van der Waals surface area (Å²) in [6.45, 7) is 3.77. The van der Waals surface area contributed by atoms with Crippen LogP contribution in [0.1, 0.15) is 16.1 Å². The van der Waals surface area contributed by atoms with Gasteiger partial charge in [-0.3, -0.25) is 4.68 Å². The van der Waals surface area contributed by atoms with Crippen molar-refractivity contribution in [3.63, 3.8) is 0 Å². The van der Waals surface area contributed by atoms with Crippen LogP contribution in [-0.2, 0) is 19.3 Å². The third kappa shape index (κ3) is 3.81. The minimum absolute atomic E-state index is 0.417. The van der Waals surface area contributed by atoms with Gasteiger partial charge >= 0.3 is 6.18 Å². The van der Waals surface area contributed by atoms with Gasteiger partial charge in [0.15, 0.2) is 5.69 Å². The van der Waals surface area contributed by atoms with Crippen LogP contribution in [0.5, 0.6) is 0 Å². The lowest BCUT2D eigenvalue weighted by atomic mass is 10.3. The Morgan fingerprint density at radius 2 is 2.16 bits per heavy atom. The first kappa shape index (κ1) is 14.1. The number of nitrogens with one attached hydrogen (secondary N) is 1. The zero-order valence-corrected chi connectivity index (χ0v) is 11.2. The van der Waals surface area contributed by atoms with E-state index in [-0.39, 0.29) is 0 Å². The Hall–Kier alpha value is -1.34. The second-order valence-electron chi connectivity index (χ2n) is 4.17. The van der Waals surface area contributed by atoms with E-state index in [2.05, 4.69) is 10.4 Å². The van der Waals surface area contributed by atoms with Gasteiger partial charge in [0.05, 0.1) is 6.54 Å². The van der Waals surface area contributed by atoms with Crippen molar-refractivity contribution in [3.05, 3.63) is 39.8 Å². The Morgan fingerprint density at radius 3 is 2.74 bits per heavy atom.